The predicted octanol–water partition coefficient (Wildman–Crippen LogP) is 16.3. The summed E-state index contributed by atoms with van der Waals surface area (Å²) in [5, 5.41) is 0. The lowest BCUT2D eigenvalue weighted by Gasteiger charge is -2.18. The van der Waals surface area contributed by atoms with E-state index in [1.165, 1.54) is 116 Å². The molecule has 0 saturated carbocycles. The van der Waals surface area contributed by atoms with Crippen LogP contribution in [-0.2, 0) is 28.6 Å². The number of unbranched alkanes of at least 4 members (excludes halogenated alkanes) is 26. The molecule has 0 aliphatic rings. The van der Waals surface area contributed by atoms with Gasteiger partial charge in [-0.2, -0.15) is 0 Å². The molecule has 0 aliphatic carbocycles. The van der Waals surface area contributed by atoms with Crippen molar-refractivity contribution < 1.29 is 28.6 Å². The molecule has 0 N–H and O–H groups in total. The van der Waals surface area contributed by atoms with Crippen molar-refractivity contribution in [1.82, 2.24) is 0 Å². The summed E-state index contributed by atoms with van der Waals surface area (Å²) in [6, 6.07) is 0. The average Bonchev–Trinajstić information content (AvgIpc) is 3.23. The van der Waals surface area contributed by atoms with Crippen molar-refractivity contribution in [2.24, 2.45) is 0 Å². The molecule has 0 aromatic carbocycles. The minimum atomic E-state index is -0.784. The first-order valence-corrected chi connectivity index (χ1v) is 25.1. The molecule has 0 aromatic heterocycles. The molecule has 0 amide bonds. The van der Waals surface area contributed by atoms with Crippen LogP contribution in [0.5, 0.6) is 0 Å². The van der Waals surface area contributed by atoms with E-state index < -0.39 is 6.10 Å². The largest absolute Gasteiger partial charge is 0.462 e. The van der Waals surface area contributed by atoms with E-state index in [4.69, 9.17) is 14.2 Å². The van der Waals surface area contributed by atoms with E-state index >= 15 is 0 Å². The van der Waals surface area contributed by atoms with E-state index in [0.717, 1.165) is 96.3 Å². The van der Waals surface area contributed by atoms with Gasteiger partial charge >= 0.3 is 17.9 Å². The molecule has 0 spiro atoms. The average molecular weight is 827 g/mol. The van der Waals surface area contributed by atoms with Crippen LogP contribution in [0.2, 0.25) is 0 Å². The summed E-state index contributed by atoms with van der Waals surface area (Å²) < 4.78 is 16.7. The molecule has 0 unspecified atom stereocenters. The maximum absolute atomic E-state index is 12.8. The zero-order valence-electron chi connectivity index (χ0n) is 39.0. The number of hydrogen-bond donors (Lipinski definition) is 0. The number of rotatable bonds is 45. The molecule has 0 heterocycles. The Hall–Kier alpha value is -2.63. The van der Waals surface area contributed by atoms with E-state index in [9.17, 15) is 14.4 Å². The fraction of sp³-hybridized carbons (Fsp3) is 0.792. The zero-order chi connectivity index (χ0) is 43.0. The Balaban J connectivity index is 4.42. The smallest absolute Gasteiger partial charge is 0.306 e. The predicted molar refractivity (Wildman–Crippen MR) is 252 cm³/mol. The monoisotopic (exact) mass is 827 g/mol. The zero-order valence-corrected chi connectivity index (χ0v) is 39.0. The summed E-state index contributed by atoms with van der Waals surface area (Å²) >= 11 is 0. The van der Waals surface area contributed by atoms with E-state index in [1.807, 2.05) is 0 Å². The van der Waals surface area contributed by atoms with Crippen LogP contribution in [0.4, 0.5) is 0 Å². The highest BCUT2D eigenvalue weighted by molar-refractivity contribution is 5.71. The summed E-state index contributed by atoms with van der Waals surface area (Å²) in [6.45, 7) is 6.56. The summed E-state index contributed by atoms with van der Waals surface area (Å²) in [5.74, 6) is -0.912. The quantitative estimate of drug-likeness (QED) is 0.0263. The van der Waals surface area contributed by atoms with Crippen LogP contribution < -0.4 is 0 Å². The molecule has 6 heteroatoms. The Labute approximate surface area is 365 Å². The van der Waals surface area contributed by atoms with Crippen molar-refractivity contribution in [2.75, 3.05) is 13.2 Å². The number of esters is 3. The second kappa shape index (κ2) is 48.0. The minimum Gasteiger partial charge on any atom is -0.462 e. The molecule has 0 rings (SSSR count). The lowest BCUT2D eigenvalue weighted by Crippen LogP contribution is -2.30. The lowest BCUT2D eigenvalue weighted by molar-refractivity contribution is -0.167. The van der Waals surface area contributed by atoms with Gasteiger partial charge in [0.1, 0.15) is 13.2 Å². The molecule has 0 aromatic rings. The first kappa shape index (κ1) is 56.4. The van der Waals surface area contributed by atoms with E-state index in [1.54, 1.807) is 0 Å². The first-order valence-electron chi connectivity index (χ1n) is 25.1. The molecule has 0 bridgehead atoms. The third-order valence-corrected chi connectivity index (χ3v) is 10.8. The molecule has 6 nitrogen and oxygen atoms in total. The Bertz CT molecular complexity index is 1040. The van der Waals surface area contributed by atoms with Crippen LogP contribution in [0.3, 0.4) is 0 Å². The highest BCUT2D eigenvalue weighted by Gasteiger charge is 2.19. The summed E-state index contributed by atoms with van der Waals surface area (Å²) in [6.07, 6.45) is 56.6. The van der Waals surface area contributed by atoms with Gasteiger partial charge in [0.25, 0.3) is 0 Å². The van der Waals surface area contributed by atoms with Crippen molar-refractivity contribution in [2.45, 2.75) is 258 Å². The van der Waals surface area contributed by atoms with Crippen LogP contribution in [-0.4, -0.2) is 37.2 Å². The highest BCUT2D eigenvalue weighted by Crippen LogP contribution is 2.14. The van der Waals surface area contributed by atoms with Gasteiger partial charge in [0.05, 0.1) is 0 Å². The number of ether oxygens (including phenoxy) is 3. The summed E-state index contributed by atoms with van der Waals surface area (Å²) in [5.41, 5.74) is 0. The van der Waals surface area contributed by atoms with Gasteiger partial charge in [-0.15, -0.1) is 0 Å². The molecule has 0 saturated heterocycles. The molecule has 0 radical (unpaired) electrons. The molecular weight excluding hydrogens is 733 g/mol. The Morgan fingerprint density at radius 1 is 0.339 bits per heavy atom. The number of carbonyl (C=O) groups is 3. The van der Waals surface area contributed by atoms with E-state index in [2.05, 4.69) is 69.4 Å². The van der Waals surface area contributed by atoms with Gasteiger partial charge in [0.2, 0.25) is 0 Å². The fourth-order valence-electron chi connectivity index (χ4n) is 6.93. The van der Waals surface area contributed by atoms with Gasteiger partial charge in [-0.3, -0.25) is 14.4 Å². The molecule has 0 aliphatic heterocycles. The standard InChI is InChI=1S/C53H94O6/c1-4-7-10-13-16-19-22-25-26-29-31-34-37-40-43-46-52(55)58-49-50(59-53(56)47-44-41-38-35-32-28-24-21-18-15-12-9-6-3)48-57-51(54)45-42-39-36-33-30-27-23-20-17-14-11-8-5-2/h16,19-21,23-26,50H,4-15,17-18,22,27-49H2,1-3H3/b19-16-,23-20-,24-21-,26-25-/t50-/m1/s1. The Kier molecular flexibility index (Phi) is 45.9. The number of allylic oxidation sites excluding steroid dienone is 8. The first-order chi connectivity index (χ1) is 29.0. The molecular formula is C53H94O6. The second-order valence-electron chi connectivity index (χ2n) is 16.7. The molecule has 59 heavy (non-hydrogen) atoms. The minimum absolute atomic E-state index is 0.0849. The van der Waals surface area contributed by atoms with E-state index in [-0.39, 0.29) is 31.1 Å². The fourth-order valence-corrected chi connectivity index (χ4v) is 6.93. The maximum Gasteiger partial charge on any atom is 0.306 e. The van der Waals surface area contributed by atoms with Gasteiger partial charge in [-0.25, -0.2) is 0 Å². The van der Waals surface area contributed by atoms with Crippen LogP contribution in [0, 0.1) is 0 Å². The second-order valence-corrected chi connectivity index (χ2v) is 16.7. The molecule has 1 atom stereocenters. The summed E-state index contributed by atoms with van der Waals surface area (Å²) in [7, 11) is 0. The van der Waals surface area contributed by atoms with Crippen LogP contribution in [0.25, 0.3) is 0 Å². The third-order valence-electron chi connectivity index (χ3n) is 10.8. The Morgan fingerprint density at radius 3 is 0.983 bits per heavy atom. The van der Waals surface area contributed by atoms with Crippen molar-refractivity contribution >= 4 is 17.9 Å². The SMILES string of the molecule is CCCCC/C=C\C/C=C\CCCCCCCC(=O)OC[C@@H](COC(=O)CCCCCCC/C=C\CCCCCC)OC(=O)CCCCCCC/C=C\CCCCCC. The van der Waals surface area contributed by atoms with Crippen LogP contribution >= 0.6 is 0 Å². The van der Waals surface area contributed by atoms with Crippen molar-refractivity contribution in [3.05, 3.63) is 48.6 Å². The molecule has 342 valence electrons. The third kappa shape index (κ3) is 46.3. The number of hydrogen-bond acceptors (Lipinski definition) is 6. The van der Waals surface area contributed by atoms with Gasteiger partial charge < -0.3 is 14.2 Å². The lowest BCUT2D eigenvalue weighted by atomic mass is 10.1. The molecule has 0 fully saturated rings. The van der Waals surface area contributed by atoms with Gasteiger partial charge in [0.15, 0.2) is 6.10 Å². The van der Waals surface area contributed by atoms with Crippen molar-refractivity contribution in [3.8, 4) is 0 Å². The van der Waals surface area contributed by atoms with Crippen LogP contribution in [0.15, 0.2) is 48.6 Å². The van der Waals surface area contributed by atoms with Crippen molar-refractivity contribution in [3.63, 3.8) is 0 Å². The summed E-state index contributed by atoms with van der Waals surface area (Å²) in [4.78, 5) is 37.9. The highest BCUT2D eigenvalue weighted by atomic mass is 16.6. The van der Waals surface area contributed by atoms with Gasteiger partial charge in [0, 0.05) is 19.3 Å². The van der Waals surface area contributed by atoms with Gasteiger partial charge in [-0.1, -0.05) is 179 Å². The van der Waals surface area contributed by atoms with Crippen molar-refractivity contribution in [1.29, 1.82) is 0 Å². The Morgan fingerprint density at radius 2 is 0.610 bits per heavy atom. The van der Waals surface area contributed by atoms with Gasteiger partial charge in [-0.05, 0) is 103 Å². The normalized spacial score (nSPS) is 12.4. The maximum atomic E-state index is 12.8. The van der Waals surface area contributed by atoms with E-state index in [0.29, 0.717) is 19.3 Å². The van der Waals surface area contributed by atoms with Crippen LogP contribution in [0.1, 0.15) is 252 Å². The topological polar surface area (TPSA) is 78.9 Å². The number of carbonyl (C=O) groups excluding carboxylic acids is 3.